The Bertz CT molecular complexity index is 674. The summed E-state index contributed by atoms with van der Waals surface area (Å²) in [6.45, 7) is 2.85. The van der Waals surface area contributed by atoms with Gasteiger partial charge in [0.2, 0.25) is 11.8 Å². The minimum atomic E-state index is 0.0581. The highest BCUT2D eigenvalue weighted by molar-refractivity contribution is 5.99. The summed E-state index contributed by atoms with van der Waals surface area (Å²) in [5.74, 6) is 1.19. The average molecular weight is 340 g/mol. The molecule has 4 nitrogen and oxygen atoms in total. The molecule has 2 fully saturated rings. The fraction of sp³-hybridized carbons (Fsp3) is 0.619. The van der Waals surface area contributed by atoms with Gasteiger partial charge in [-0.1, -0.05) is 25.8 Å². The Labute approximate surface area is 150 Å². The van der Waals surface area contributed by atoms with Gasteiger partial charge in [0.25, 0.3) is 0 Å². The number of hydrogen-bond acceptors (Lipinski definition) is 2. The lowest BCUT2D eigenvalue weighted by molar-refractivity contribution is -0.121. The van der Waals surface area contributed by atoms with Crippen LogP contribution < -0.4 is 10.2 Å². The minimum absolute atomic E-state index is 0.0581. The van der Waals surface area contributed by atoms with E-state index in [-0.39, 0.29) is 23.7 Å². The Morgan fingerprint density at radius 2 is 1.88 bits per heavy atom. The third-order valence-electron chi connectivity index (χ3n) is 6.18. The number of anilines is 2. The minimum Gasteiger partial charge on any atom is -0.326 e. The molecule has 2 saturated carbocycles. The topological polar surface area (TPSA) is 49.4 Å². The van der Waals surface area contributed by atoms with Gasteiger partial charge in [0, 0.05) is 29.8 Å². The second-order valence-electron chi connectivity index (χ2n) is 8.03. The van der Waals surface area contributed by atoms with Crippen LogP contribution in [0.5, 0.6) is 0 Å². The van der Waals surface area contributed by atoms with Crippen LogP contribution >= 0.6 is 0 Å². The standard InChI is InChI=1S/C21H28N2O2/c1-14(15-5-2-3-6-15)20(24)22-18-11-10-16-7-4-12-23(19(16)13-18)21(25)17-8-9-17/h10-11,13-15,17H,2-9,12H2,1H3,(H,22,24). The summed E-state index contributed by atoms with van der Waals surface area (Å²) < 4.78 is 0. The zero-order valence-electron chi connectivity index (χ0n) is 15.1. The van der Waals surface area contributed by atoms with E-state index in [9.17, 15) is 9.59 Å². The van der Waals surface area contributed by atoms with Crippen LogP contribution in [0.3, 0.4) is 0 Å². The number of carbonyl (C=O) groups is 2. The van der Waals surface area contributed by atoms with E-state index in [1.54, 1.807) is 0 Å². The van der Waals surface area contributed by atoms with Crippen molar-refractivity contribution in [2.45, 2.75) is 58.3 Å². The molecule has 1 aromatic rings. The Kier molecular flexibility index (Phi) is 4.53. The van der Waals surface area contributed by atoms with Crippen molar-refractivity contribution in [3.63, 3.8) is 0 Å². The number of fused-ring (bicyclic) bond motifs is 1. The lowest BCUT2D eigenvalue weighted by Gasteiger charge is -2.30. The summed E-state index contributed by atoms with van der Waals surface area (Å²) in [6, 6.07) is 6.08. The van der Waals surface area contributed by atoms with Gasteiger partial charge in [-0.3, -0.25) is 9.59 Å². The molecule has 1 aromatic carbocycles. The van der Waals surface area contributed by atoms with E-state index in [2.05, 4.69) is 11.4 Å². The van der Waals surface area contributed by atoms with Gasteiger partial charge in [-0.2, -0.15) is 0 Å². The van der Waals surface area contributed by atoms with Gasteiger partial charge >= 0.3 is 0 Å². The van der Waals surface area contributed by atoms with E-state index >= 15 is 0 Å². The van der Waals surface area contributed by atoms with Crippen molar-refractivity contribution < 1.29 is 9.59 Å². The highest BCUT2D eigenvalue weighted by Gasteiger charge is 2.35. The predicted molar refractivity (Wildman–Crippen MR) is 99.6 cm³/mol. The number of nitrogens with one attached hydrogen (secondary N) is 1. The summed E-state index contributed by atoms with van der Waals surface area (Å²) in [7, 11) is 0. The molecule has 0 aromatic heterocycles. The first-order chi connectivity index (χ1) is 12.1. The van der Waals surface area contributed by atoms with Gasteiger partial charge in [-0.05, 0) is 62.1 Å². The van der Waals surface area contributed by atoms with E-state index in [1.807, 2.05) is 24.0 Å². The van der Waals surface area contributed by atoms with Crippen LogP contribution in [0.2, 0.25) is 0 Å². The van der Waals surface area contributed by atoms with E-state index in [0.717, 1.165) is 43.6 Å². The maximum atomic E-state index is 12.6. The molecular weight excluding hydrogens is 312 g/mol. The Hall–Kier alpha value is -1.84. The van der Waals surface area contributed by atoms with Crippen LogP contribution in [0.25, 0.3) is 0 Å². The lowest BCUT2D eigenvalue weighted by atomic mass is 9.92. The smallest absolute Gasteiger partial charge is 0.230 e. The molecule has 1 heterocycles. The molecule has 2 aliphatic carbocycles. The van der Waals surface area contributed by atoms with Crippen molar-refractivity contribution in [2.75, 3.05) is 16.8 Å². The van der Waals surface area contributed by atoms with Crippen LogP contribution in [0.15, 0.2) is 18.2 Å². The molecule has 4 rings (SSSR count). The van der Waals surface area contributed by atoms with E-state index in [4.69, 9.17) is 0 Å². The first-order valence-corrected chi connectivity index (χ1v) is 9.88. The van der Waals surface area contributed by atoms with Gasteiger partial charge in [-0.15, -0.1) is 0 Å². The van der Waals surface area contributed by atoms with Crippen molar-refractivity contribution in [3.8, 4) is 0 Å². The fourth-order valence-corrected chi connectivity index (χ4v) is 4.36. The molecule has 4 heteroatoms. The van der Waals surface area contributed by atoms with Crippen molar-refractivity contribution in [1.29, 1.82) is 0 Å². The van der Waals surface area contributed by atoms with Crippen LogP contribution in [0, 0.1) is 17.8 Å². The van der Waals surface area contributed by atoms with Gasteiger partial charge < -0.3 is 10.2 Å². The third kappa shape index (κ3) is 3.44. The zero-order valence-corrected chi connectivity index (χ0v) is 15.1. The molecule has 0 radical (unpaired) electrons. The maximum absolute atomic E-state index is 12.6. The number of carbonyl (C=O) groups excluding carboxylic acids is 2. The second kappa shape index (κ2) is 6.81. The molecule has 0 spiro atoms. The van der Waals surface area contributed by atoms with Crippen LogP contribution in [0.1, 0.15) is 57.4 Å². The third-order valence-corrected chi connectivity index (χ3v) is 6.18. The number of aryl methyl sites for hydroxylation is 1. The van der Waals surface area contributed by atoms with Crippen molar-refractivity contribution in [3.05, 3.63) is 23.8 Å². The fourth-order valence-electron chi connectivity index (χ4n) is 4.36. The van der Waals surface area contributed by atoms with Crippen molar-refractivity contribution in [1.82, 2.24) is 0 Å². The molecule has 1 atom stereocenters. The van der Waals surface area contributed by atoms with Gasteiger partial charge in [0.15, 0.2) is 0 Å². The summed E-state index contributed by atoms with van der Waals surface area (Å²) in [4.78, 5) is 27.1. The molecule has 1 aliphatic heterocycles. The van der Waals surface area contributed by atoms with Gasteiger partial charge in [0.1, 0.15) is 0 Å². The Balaban J connectivity index is 1.50. The number of amides is 2. The molecule has 1 unspecified atom stereocenters. The summed E-state index contributed by atoms with van der Waals surface area (Å²) in [6.07, 6.45) is 8.93. The summed E-state index contributed by atoms with van der Waals surface area (Å²) in [5, 5.41) is 3.10. The highest BCUT2D eigenvalue weighted by atomic mass is 16.2. The van der Waals surface area contributed by atoms with Crippen LogP contribution in [-0.2, 0) is 16.0 Å². The first-order valence-electron chi connectivity index (χ1n) is 9.88. The highest BCUT2D eigenvalue weighted by Crippen LogP contribution is 2.37. The SMILES string of the molecule is CC(C(=O)Nc1ccc2c(c1)N(C(=O)C1CC1)CCC2)C1CCCC1. The predicted octanol–water partition coefficient (Wildman–Crippen LogP) is 4.14. The van der Waals surface area contributed by atoms with E-state index in [0.29, 0.717) is 5.92 Å². The molecular formula is C21H28N2O2. The number of nitrogens with zero attached hydrogens (tertiary/aromatic N) is 1. The maximum Gasteiger partial charge on any atom is 0.230 e. The number of rotatable bonds is 4. The van der Waals surface area contributed by atoms with Crippen LogP contribution in [-0.4, -0.2) is 18.4 Å². The summed E-state index contributed by atoms with van der Waals surface area (Å²) in [5.41, 5.74) is 3.06. The number of hydrogen-bond donors (Lipinski definition) is 1. The second-order valence-corrected chi connectivity index (χ2v) is 8.03. The Morgan fingerprint density at radius 3 is 2.60 bits per heavy atom. The average Bonchev–Trinajstić information content (AvgIpc) is 3.34. The Morgan fingerprint density at radius 1 is 1.12 bits per heavy atom. The van der Waals surface area contributed by atoms with Gasteiger partial charge in [0.05, 0.1) is 0 Å². The molecule has 3 aliphatic rings. The first kappa shape index (κ1) is 16.6. The molecule has 2 amide bonds. The normalized spacial score (nSPS) is 21.7. The quantitative estimate of drug-likeness (QED) is 0.895. The molecule has 0 saturated heterocycles. The molecule has 134 valence electrons. The van der Waals surface area contributed by atoms with Crippen molar-refractivity contribution in [2.24, 2.45) is 17.8 Å². The number of benzene rings is 1. The monoisotopic (exact) mass is 340 g/mol. The van der Waals surface area contributed by atoms with E-state index < -0.39 is 0 Å². The van der Waals surface area contributed by atoms with Crippen LogP contribution in [0.4, 0.5) is 11.4 Å². The molecule has 25 heavy (non-hydrogen) atoms. The largest absolute Gasteiger partial charge is 0.326 e. The zero-order chi connectivity index (χ0) is 17.4. The van der Waals surface area contributed by atoms with Crippen molar-refractivity contribution >= 4 is 23.2 Å². The van der Waals surface area contributed by atoms with Gasteiger partial charge in [-0.25, -0.2) is 0 Å². The summed E-state index contributed by atoms with van der Waals surface area (Å²) >= 11 is 0. The molecule has 0 bridgehead atoms. The van der Waals surface area contributed by atoms with E-state index in [1.165, 1.54) is 31.2 Å². The molecule has 1 N–H and O–H groups in total. The lowest BCUT2D eigenvalue weighted by Crippen LogP contribution is -2.36.